The lowest BCUT2D eigenvalue weighted by atomic mass is 10.1. The smallest absolute Gasteiger partial charge is 0.317 e. The lowest BCUT2D eigenvalue weighted by Gasteiger charge is -2.36. The number of urea groups is 1. The van der Waals surface area contributed by atoms with Crippen molar-refractivity contribution in [3.05, 3.63) is 29.0 Å². The maximum absolute atomic E-state index is 11.5. The Bertz CT molecular complexity index is 467. The number of carbonyl (C=O) groups excluding carboxylic acids is 1. The summed E-state index contributed by atoms with van der Waals surface area (Å²) in [5, 5.41) is 3.45. The topological polar surface area (TPSA) is 48.5 Å². The lowest BCUT2D eigenvalue weighted by Crippen LogP contribution is -2.51. The van der Waals surface area contributed by atoms with Crippen molar-refractivity contribution in [1.29, 1.82) is 0 Å². The predicted octanol–water partition coefficient (Wildman–Crippen LogP) is 0.944. The van der Waals surface area contributed by atoms with Crippen LogP contribution in [0, 0.1) is 0 Å². The molecular weight excluding hydrogens is 252 g/mol. The zero-order chi connectivity index (χ0) is 12.5. The van der Waals surface area contributed by atoms with Crippen molar-refractivity contribution in [2.45, 2.75) is 12.6 Å². The molecule has 0 bridgehead atoms. The number of rotatable bonds is 2. The first kappa shape index (κ1) is 11.7. The fourth-order valence-electron chi connectivity index (χ4n) is 2.59. The van der Waals surface area contributed by atoms with Gasteiger partial charge in [0.15, 0.2) is 0 Å². The average molecular weight is 267 g/mol. The zero-order valence-corrected chi connectivity index (χ0v) is 10.7. The molecule has 1 unspecified atom stereocenters. The minimum absolute atomic E-state index is 0.0686. The van der Waals surface area contributed by atoms with Crippen LogP contribution in [-0.4, -0.2) is 53.0 Å². The molecule has 1 aromatic heterocycles. The number of piperazine rings is 1. The van der Waals surface area contributed by atoms with Gasteiger partial charge in [0.1, 0.15) is 5.15 Å². The zero-order valence-electron chi connectivity index (χ0n) is 9.97. The number of halogens is 1. The maximum atomic E-state index is 11.5. The molecule has 5 nitrogen and oxygen atoms in total. The standard InChI is InChI=1S/C12H15ClN4O/c13-11-9(2-1-3-14-11)7-16-4-5-17-10(8-16)6-15-12(17)18/h1-3,10H,4-8H2,(H,15,18). The number of hydrogen-bond acceptors (Lipinski definition) is 3. The van der Waals surface area contributed by atoms with Crippen molar-refractivity contribution in [2.24, 2.45) is 0 Å². The van der Waals surface area contributed by atoms with Gasteiger partial charge in [0.05, 0.1) is 6.04 Å². The monoisotopic (exact) mass is 266 g/mol. The van der Waals surface area contributed by atoms with Crippen LogP contribution in [0.5, 0.6) is 0 Å². The number of pyridine rings is 1. The number of nitrogens with one attached hydrogen (secondary N) is 1. The highest BCUT2D eigenvalue weighted by atomic mass is 35.5. The summed E-state index contributed by atoms with van der Waals surface area (Å²) in [6.07, 6.45) is 1.70. The molecule has 2 fully saturated rings. The molecule has 3 heterocycles. The van der Waals surface area contributed by atoms with Crippen LogP contribution in [-0.2, 0) is 6.54 Å². The minimum Gasteiger partial charge on any atom is -0.336 e. The van der Waals surface area contributed by atoms with Gasteiger partial charge in [-0.3, -0.25) is 4.90 Å². The minimum atomic E-state index is 0.0686. The van der Waals surface area contributed by atoms with E-state index in [9.17, 15) is 4.79 Å². The predicted molar refractivity (Wildman–Crippen MR) is 68.4 cm³/mol. The van der Waals surface area contributed by atoms with Gasteiger partial charge >= 0.3 is 6.03 Å². The van der Waals surface area contributed by atoms with Crippen LogP contribution in [0.1, 0.15) is 5.56 Å². The van der Waals surface area contributed by atoms with Gasteiger partial charge in [-0.15, -0.1) is 0 Å². The Morgan fingerprint density at radius 2 is 2.39 bits per heavy atom. The third-order valence-electron chi connectivity index (χ3n) is 3.55. The molecule has 2 amide bonds. The highest BCUT2D eigenvalue weighted by Gasteiger charge is 2.35. The summed E-state index contributed by atoms with van der Waals surface area (Å²) in [7, 11) is 0. The van der Waals surface area contributed by atoms with Crippen molar-refractivity contribution >= 4 is 17.6 Å². The maximum Gasteiger partial charge on any atom is 0.317 e. The largest absolute Gasteiger partial charge is 0.336 e. The van der Waals surface area contributed by atoms with Crippen molar-refractivity contribution in [2.75, 3.05) is 26.2 Å². The van der Waals surface area contributed by atoms with Crippen LogP contribution in [0.2, 0.25) is 5.15 Å². The first-order valence-corrected chi connectivity index (χ1v) is 6.48. The van der Waals surface area contributed by atoms with E-state index in [4.69, 9.17) is 11.6 Å². The fourth-order valence-corrected chi connectivity index (χ4v) is 2.77. The summed E-state index contributed by atoms with van der Waals surface area (Å²) in [6.45, 7) is 4.11. The Morgan fingerprint density at radius 3 is 3.22 bits per heavy atom. The Labute approximate surface area is 111 Å². The third-order valence-corrected chi connectivity index (χ3v) is 3.89. The second kappa shape index (κ2) is 4.74. The van der Waals surface area contributed by atoms with Crippen molar-refractivity contribution in [3.8, 4) is 0 Å². The van der Waals surface area contributed by atoms with E-state index in [0.29, 0.717) is 11.2 Å². The first-order valence-electron chi connectivity index (χ1n) is 6.10. The molecule has 2 aliphatic rings. The van der Waals surface area contributed by atoms with Crippen molar-refractivity contribution in [3.63, 3.8) is 0 Å². The SMILES string of the molecule is O=C1NCC2CN(Cc3cccnc3Cl)CCN12. The molecule has 96 valence electrons. The van der Waals surface area contributed by atoms with Crippen LogP contribution in [0.3, 0.4) is 0 Å². The summed E-state index contributed by atoms with van der Waals surface area (Å²) in [5.74, 6) is 0. The Kier molecular flexibility index (Phi) is 3.09. The average Bonchev–Trinajstić information content (AvgIpc) is 2.74. The Balaban J connectivity index is 1.66. The van der Waals surface area contributed by atoms with E-state index in [0.717, 1.165) is 38.3 Å². The van der Waals surface area contributed by atoms with Gasteiger partial charge < -0.3 is 10.2 Å². The quantitative estimate of drug-likeness (QED) is 0.811. The molecule has 0 spiro atoms. The number of fused-ring (bicyclic) bond motifs is 1. The molecule has 0 saturated carbocycles. The normalized spacial score (nSPS) is 23.9. The highest BCUT2D eigenvalue weighted by Crippen LogP contribution is 2.19. The van der Waals surface area contributed by atoms with Crippen LogP contribution >= 0.6 is 11.6 Å². The second-order valence-electron chi connectivity index (χ2n) is 4.72. The van der Waals surface area contributed by atoms with Crippen LogP contribution in [0.4, 0.5) is 4.79 Å². The van der Waals surface area contributed by atoms with E-state index in [1.807, 2.05) is 17.0 Å². The first-order chi connectivity index (χ1) is 8.74. The summed E-state index contributed by atoms with van der Waals surface area (Å²) < 4.78 is 0. The molecule has 6 heteroatoms. The van der Waals surface area contributed by atoms with Crippen LogP contribution < -0.4 is 5.32 Å². The molecule has 3 rings (SSSR count). The van der Waals surface area contributed by atoms with Gasteiger partial charge in [-0.05, 0) is 6.07 Å². The number of amides is 2. The van der Waals surface area contributed by atoms with Gasteiger partial charge in [0, 0.05) is 44.5 Å². The number of carbonyl (C=O) groups is 1. The molecular formula is C12H15ClN4O. The highest BCUT2D eigenvalue weighted by molar-refractivity contribution is 6.30. The van der Waals surface area contributed by atoms with E-state index >= 15 is 0 Å². The molecule has 1 N–H and O–H groups in total. The fraction of sp³-hybridized carbons (Fsp3) is 0.500. The van der Waals surface area contributed by atoms with Crippen molar-refractivity contribution < 1.29 is 4.79 Å². The van der Waals surface area contributed by atoms with E-state index in [-0.39, 0.29) is 6.03 Å². The summed E-state index contributed by atoms with van der Waals surface area (Å²) in [5.41, 5.74) is 1.05. The number of hydrogen-bond donors (Lipinski definition) is 1. The number of aromatic nitrogens is 1. The van der Waals surface area contributed by atoms with E-state index in [1.165, 1.54) is 0 Å². The molecule has 1 aromatic rings. The van der Waals surface area contributed by atoms with Gasteiger partial charge in [0.2, 0.25) is 0 Å². The van der Waals surface area contributed by atoms with Gasteiger partial charge in [-0.1, -0.05) is 17.7 Å². The third kappa shape index (κ3) is 2.15. The second-order valence-corrected chi connectivity index (χ2v) is 5.08. The van der Waals surface area contributed by atoms with Gasteiger partial charge in [0.25, 0.3) is 0 Å². The Hall–Kier alpha value is -1.33. The molecule has 0 aliphatic carbocycles. The molecule has 18 heavy (non-hydrogen) atoms. The lowest BCUT2D eigenvalue weighted by molar-refractivity contribution is 0.116. The summed E-state index contributed by atoms with van der Waals surface area (Å²) in [6, 6.07) is 4.26. The van der Waals surface area contributed by atoms with Crippen molar-refractivity contribution in [1.82, 2.24) is 20.1 Å². The van der Waals surface area contributed by atoms with Crippen LogP contribution in [0.25, 0.3) is 0 Å². The summed E-state index contributed by atoms with van der Waals surface area (Å²) >= 11 is 6.06. The summed E-state index contributed by atoms with van der Waals surface area (Å²) in [4.78, 5) is 19.8. The van der Waals surface area contributed by atoms with Crippen LogP contribution in [0.15, 0.2) is 18.3 Å². The molecule has 0 aromatic carbocycles. The van der Waals surface area contributed by atoms with E-state index in [2.05, 4.69) is 15.2 Å². The molecule has 0 radical (unpaired) electrons. The molecule has 1 atom stereocenters. The molecule has 2 aliphatic heterocycles. The molecule has 2 saturated heterocycles. The van der Waals surface area contributed by atoms with Gasteiger partial charge in [-0.2, -0.15) is 0 Å². The van der Waals surface area contributed by atoms with E-state index in [1.54, 1.807) is 6.20 Å². The number of nitrogens with zero attached hydrogens (tertiary/aromatic N) is 3. The van der Waals surface area contributed by atoms with E-state index < -0.39 is 0 Å². The van der Waals surface area contributed by atoms with Gasteiger partial charge in [-0.25, -0.2) is 9.78 Å². The Morgan fingerprint density at radius 1 is 1.50 bits per heavy atom.